The van der Waals surface area contributed by atoms with Crippen molar-refractivity contribution in [2.75, 3.05) is 31.3 Å². The molecule has 0 saturated carbocycles. The zero-order valence-corrected chi connectivity index (χ0v) is 14.9. The Kier molecular flexibility index (Phi) is 5.29. The lowest BCUT2D eigenvalue weighted by Crippen LogP contribution is -2.39. The van der Waals surface area contributed by atoms with Crippen molar-refractivity contribution in [2.24, 2.45) is 11.8 Å². The van der Waals surface area contributed by atoms with Crippen LogP contribution in [0.25, 0.3) is 0 Å². The minimum Gasteiger partial charge on any atom is -0.454 e. The number of nitrogens with one attached hydrogen (secondary N) is 2. The number of ether oxygens (including phenoxy) is 2. The summed E-state index contributed by atoms with van der Waals surface area (Å²) in [6.07, 6.45) is 0.165. The van der Waals surface area contributed by atoms with Crippen LogP contribution in [0.1, 0.15) is 20.3 Å². The van der Waals surface area contributed by atoms with E-state index >= 15 is 0 Å². The maximum absolute atomic E-state index is 12.3. The molecular formula is C18H23N3O5. The predicted molar refractivity (Wildman–Crippen MR) is 93.9 cm³/mol. The Morgan fingerprint density at radius 3 is 2.69 bits per heavy atom. The van der Waals surface area contributed by atoms with Crippen molar-refractivity contribution < 1.29 is 23.9 Å². The summed E-state index contributed by atoms with van der Waals surface area (Å²) in [5.41, 5.74) is 0.693. The molecule has 8 heteroatoms. The van der Waals surface area contributed by atoms with Gasteiger partial charge in [0.1, 0.15) is 0 Å². The average molecular weight is 361 g/mol. The van der Waals surface area contributed by atoms with Crippen LogP contribution in [0.15, 0.2) is 18.2 Å². The first kappa shape index (κ1) is 18.0. The lowest BCUT2D eigenvalue weighted by atomic mass is 10.1. The average Bonchev–Trinajstić information content (AvgIpc) is 3.23. The molecule has 1 fully saturated rings. The highest BCUT2D eigenvalue weighted by Gasteiger charge is 2.35. The van der Waals surface area contributed by atoms with E-state index in [4.69, 9.17) is 9.47 Å². The van der Waals surface area contributed by atoms with Gasteiger partial charge in [0.05, 0.1) is 5.92 Å². The van der Waals surface area contributed by atoms with Gasteiger partial charge in [-0.1, -0.05) is 13.8 Å². The SMILES string of the molecule is CC(C)C(=O)NCCNC(=O)C1CC(=O)N(c2ccc3c(c2)OCO3)C1. The Hall–Kier alpha value is -2.77. The number of rotatable bonds is 6. The Balaban J connectivity index is 1.51. The summed E-state index contributed by atoms with van der Waals surface area (Å²) in [5.74, 6) is 0.422. The Morgan fingerprint density at radius 1 is 1.19 bits per heavy atom. The van der Waals surface area contributed by atoms with Gasteiger partial charge >= 0.3 is 0 Å². The van der Waals surface area contributed by atoms with E-state index in [1.54, 1.807) is 23.1 Å². The van der Waals surface area contributed by atoms with Gasteiger partial charge in [0.2, 0.25) is 24.5 Å². The number of anilines is 1. The van der Waals surface area contributed by atoms with Crippen LogP contribution in [0.2, 0.25) is 0 Å². The summed E-state index contributed by atoms with van der Waals surface area (Å²) in [7, 11) is 0. The van der Waals surface area contributed by atoms with Gasteiger partial charge in [0.15, 0.2) is 11.5 Å². The summed E-state index contributed by atoms with van der Waals surface area (Å²) >= 11 is 0. The number of hydrogen-bond donors (Lipinski definition) is 2. The van der Waals surface area contributed by atoms with Crippen molar-refractivity contribution in [3.8, 4) is 11.5 Å². The molecule has 3 amide bonds. The van der Waals surface area contributed by atoms with E-state index < -0.39 is 5.92 Å². The Labute approximate surface area is 151 Å². The molecule has 0 aliphatic carbocycles. The fourth-order valence-corrected chi connectivity index (χ4v) is 2.91. The minimum absolute atomic E-state index is 0.0516. The maximum Gasteiger partial charge on any atom is 0.231 e. The summed E-state index contributed by atoms with van der Waals surface area (Å²) in [6, 6.07) is 5.30. The summed E-state index contributed by atoms with van der Waals surface area (Å²) in [4.78, 5) is 37.6. The quantitative estimate of drug-likeness (QED) is 0.726. The van der Waals surface area contributed by atoms with Crippen molar-refractivity contribution >= 4 is 23.4 Å². The predicted octanol–water partition coefficient (Wildman–Crippen LogP) is 0.657. The highest BCUT2D eigenvalue weighted by atomic mass is 16.7. The fraction of sp³-hybridized carbons (Fsp3) is 0.500. The van der Waals surface area contributed by atoms with Crippen LogP contribution in [-0.4, -0.2) is 44.1 Å². The molecule has 140 valence electrons. The molecule has 0 aromatic heterocycles. The molecule has 1 aromatic rings. The number of amides is 3. The Bertz CT molecular complexity index is 719. The summed E-state index contributed by atoms with van der Waals surface area (Å²) in [5, 5.41) is 5.51. The van der Waals surface area contributed by atoms with Crippen LogP contribution < -0.4 is 25.0 Å². The number of benzene rings is 1. The van der Waals surface area contributed by atoms with Gasteiger partial charge in [-0.15, -0.1) is 0 Å². The first-order chi connectivity index (χ1) is 12.5. The van der Waals surface area contributed by atoms with E-state index in [2.05, 4.69) is 10.6 Å². The molecule has 1 unspecified atom stereocenters. The van der Waals surface area contributed by atoms with Crippen molar-refractivity contribution in [1.82, 2.24) is 10.6 Å². The van der Waals surface area contributed by atoms with Crippen molar-refractivity contribution in [3.05, 3.63) is 18.2 Å². The van der Waals surface area contributed by atoms with E-state index in [1.165, 1.54) is 0 Å². The van der Waals surface area contributed by atoms with Crippen molar-refractivity contribution in [2.45, 2.75) is 20.3 Å². The highest BCUT2D eigenvalue weighted by Crippen LogP contribution is 2.37. The molecule has 1 aromatic carbocycles. The number of carbonyl (C=O) groups is 3. The van der Waals surface area contributed by atoms with Crippen LogP contribution in [0.4, 0.5) is 5.69 Å². The molecule has 1 atom stereocenters. The third kappa shape index (κ3) is 3.89. The van der Waals surface area contributed by atoms with Crippen molar-refractivity contribution in [3.63, 3.8) is 0 Å². The Morgan fingerprint density at radius 2 is 1.92 bits per heavy atom. The van der Waals surface area contributed by atoms with Crippen LogP contribution >= 0.6 is 0 Å². The van der Waals surface area contributed by atoms with Crippen LogP contribution in [0.3, 0.4) is 0 Å². The van der Waals surface area contributed by atoms with Gasteiger partial charge in [0, 0.05) is 43.7 Å². The van der Waals surface area contributed by atoms with E-state index in [0.29, 0.717) is 36.8 Å². The molecule has 1 saturated heterocycles. The standard InChI is InChI=1S/C18H23N3O5/c1-11(2)17(23)19-5-6-20-18(24)12-7-16(22)21(9-12)13-3-4-14-15(8-13)26-10-25-14/h3-4,8,11-12H,5-7,9-10H2,1-2H3,(H,19,23)(H,20,24). The van der Waals surface area contributed by atoms with Gasteiger partial charge in [-0.2, -0.15) is 0 Å². The van der Waals surface area contributed by atoms with Gasteiger partial charge < -0.3 is 25.0 Å². The van der Waals surface area contributed by atoms with Crippen LogP contribution in [0.5, 0.6) is 11.5 Å². The van der Waals surface area contributed by atoms with E-state index in [1.807, 2.05) is 13.8 Å². The summed E-state index contributed by atoms with van der Waals surface area (Å²) < 4.78 is 10.6. The minimum atomic E-state index is -0.409. The first-order valence-corrected chi connectivity index (χ1v) is 8.71. The molecule has 2 heterocycles. The van der Waals surface area contributed by atoms with Gasteiger partial charge in [-0.3, -0.25) is 14.4 Å². The summed E-state index contributed by atoms with van der Waals surface area (Å²) in [6.45, 7) is 4.82. The monoisotopic (exact) mass is 361 g/mol. The van der Waals surface area contributed by atoms with Crippen LogP contribution in [-0.2, 0) is 14.4 Å². The van der Waals surface area contributed by atoms with Gasteiger partial charge in [-0.25, -0.2) is 0 Å². The molecule has 0 radical (unpaired) electrons. The zero-order chi connectivity index (χ0) is 18.7. The van der Waals surface area contributed by atoms with Crippen molar-refractivity contribution in [1.29, 1.82) is 0 Å². The van der Waals surface area contributed by atoms with E-state index in [0.717, 1.165) is 0 Å². The smallest absolute Gasteiger partial charge is 0.231 e. The number of nitrogens with zero attached hydrogens (tertiary/aromatic N) is 1. The molecule has 2 aliphatic heterocycles. The molecule has 3 rings (SSSR count). The maximum atomic E-state index is 12.3. The third-order valence-electron chi connectivity index (χ3n) is 4.41. The number of fused-ring (bicyclic) bond motifs is 1. The molecular weight excluding hydrogens is 338 g/mol. The third-order valence-corrected chi connectivity index (χ3v) is 4.41. The second kappa shape index (κ2) is 7.63. The first-order valence-electron chi connectivity index (χ1n) is 8.71. The molecule has 2 aliphatic rings. The van der Waals surface area contributed by atoms with Gasteiger partial charge in [0.25, 0.3) is 0 Å². The van der Waals surface area contributed by atoms with E-state index in [-0.39, 0.29) is 36.9 Å². The largest absolute Gasteiger partial charge is 0.454 e. The normalized spacial score (nSPS) is 18.3. The molecule has 0 bridgehead atoms. The fourth-order valence-electron chi connectivity index (χ4n) is 2.91. The molecule has 8 nitrogen and oxygen atoms in total. The lowest BCUT2D eigenvalue weighted by molar-refractivity contribution is -0.126. The topological polar surface area (TPSA) is 97.0 Å². The zero-order valence-electron chi connectivity index (χ0n) is 14.9. The second-order valence-electron chi connectivity index (χ2n) is 6.68. The lowest BCUT2D eigenvalue weighted by Gasteiger charge is -2.17. The molecule has 0 spiro atoms. The second-order valence-corrected chi connectivity index (χ2v) is 6.68. The van der Waals surface area contributed by atoms with E-state index in [9.17, 15) is 14.4 Å². The van der Waals surface area contributed by atoms with Crippen LogP contribution in [0, 0.1) is 11.8 Å². The molecule has 2 N–H and O–H groups in total. The molecule has 26 heavy (non-hydrogen) atoms. The van der Waals surface area contributed by atoms with Gasteiger partial charge in [-0.05, 0) is 12.1 Å². The number of carbonyl (C=O) groups excluding carboxylic acids is 3. The highest BCUT2D eigenvalue weighted by molar-refractivity contribution is 6.00. The number of hydrogen-bond acceptors (Lipinski definition) is 5.